The van der Waals surface area contributed by atoms with E-state index in [9.17, 15) is 0 Å². The van der Waals surface area contributed by atoms with E-state index in [1.54, 1.807) is 0 Å². The van der Waals surface area contributed by atoms with Crippen molar-refractivity contribution in [3.05, 3.63) is 30.1 Å². The summed E-state index contributed by atoms with van der Waals surface area (Å²) >= 11 is 0. The van der Waals surface area contributed by atoms with Gasteiger partial charge in [0.2, 0.25) is 0 Å². The zero-order valence-electron chi connectivity index (χ0n) is 7.95. The third-order valence-electron chi connectivity index (χ3n) is 2.79. The highest BCUT2D eigenvalue weighted by Crippen LogP contribution is 2.14. The first kappa shape index (κ1) is 8.70. The van der Waals surface area contributed by atoms with Crippen molar-refractivity contribution in [2.24, 2.45) is 0 Å². The van der Waals surface area contributed by atoms with Crippen LogP contribution in [0.2, 0.25) is 0 Å². The Morgan fingerprint density at radius 3 is 2.85 bits per heavy atom. The number of nitrogens with two attached hydrogens (primary N) is 1. The first-order valence-corrected chi connectivity index (χ1v) is 5.18. The van der Waals surface area contributed by atoms with Gasteiger partial charge in [-0.15, -0.1) is 0 Å². The normalized spacial score (nSPS) is 17.8. The van der Waals surface area contributed by atoms with Crippen molar-refractivity contribution in [1.82, 2.24) is 4.98 Å². The van der Waals surface area contributed by atoms with E-state index < -0.39 is 0 Å². The van der Waals surface area contributed by atoms with Gasteiger partial charge in [0, 0.05) is 6.20 Å². The molecule has 1 aromatic heterocycles. The number of hydrogen-bond donors (Lipinski definition) is 1. The maximum absolute atomic E-state index is 4.31. The Labute approximate surface area is 79.4 Å². The average Bonchev–Trinajstić information content (AvgIpc) is 2.69. The van der Waals surface area contributed by atoms with Crippen LogP contribution < -0.4 is 5.32 Å². The summed E-state index contributed by atoms with van der Waals surface area (Å²) in [5.41, 5.74) is 1.20. The van der Waals surface area contributed by atoms with Crippen molar-refractivity contribution < 1.29 is 5.32 Å². The molecule has 0 unspecified atom stereocenters. The van der Waals surface area contributed by atoms with E-state index in [1.165, 1.54) is 31.4 Å². The summed E-state index contributed by atoms with van der Waals surface area (Å²) in [4.78, 5) is 4.31. The molecule has 13 heavy (non-hydrogen) atoms. The molecule has 0 atom stereocenters. The lowest BCUT2D eigenvalue weighted by atomic mass is 10.2. The zero-order valence-corrected chi connectivity index (χ0v) is 7.95. The molecule has 1 saturated carbocycles. The monoisotopic (exact) mass is 177 g/mol. The van der Waals surface area contributed by atoms with E-state index in [2.05, 4.69) is 22.4 Å². The second-order valence-corrected chi connectivity index (χ2v) is 3.81. The van der Waals surface area contributed by atoms with Crippen molar-refractivity contribution in [3.8, 4) is 0 Å². The molecule has 0 radical (unpaired) electrons. The van der Waals surface area contributed by atoms with Crippen LogP contribution in [0.25, 0.3) is 0 Å². The SMILES string of the molecule is c1ccc(C[NH2+]C2CCCC2)nc1. The van der Waals surface area contributed by atoms with Gasteiger partial charge in [-0.3, -0.25) is 4.98 Å². The van der Waals surface area contributed by atoms with E-state index >= 15 is 0 Å². The first-order chi connectivity index (χ1) is 6.45. The Morgan fingerprint density at radius 2 is 2.15 bits per heavy atom. The zero-order chi connectivity index (χ0) is 8.93. The largest absolute Gasteiger partial charge is 0.339 e. The lowest BCUT2D eigenvalue weighted by molar-refractivity contribution is -0.703. The molecule has 1 fully saturated rings. The predicted molar refractivity (Wildman–Crippen MR) is 52.1 cm³/mol. The van der Waals surface area contributed by atoms with E-state index in [0.717, 1.165) is 12.6 Å². The summed E-state index contributed by atoms with van der Waals surface area (Å²) in [6.07, 6.45) is 7.50. The van der Waals surface area contributed by atoms with E-state index in [4.69, 9.17) is 0 Å². The minimum absolute atomic E-state index is 0.863. The Bertz CT molecular complexity index is 240. The van der Waals surface area contributed by atoms with Gasteiger partial charge < -0.3 is 5.32 Å². The highest BCUT2D eigenvalue weighted by atomic mass is 14.9. The van der Waals surface area contributed by atoms with Crippen molar-refractivity contribution in [2.75, 3.05) is 0 Å². The number of rotatable bonds is 3. The van der Waals surface area contributed by atoms with Gasteiger partial charge in [-0.05, 0) is 37.8 Å². The fourth-order valence-corrected chi connectivity index (χ4v) is 2.00. The third kappa shape index (κ3) is 2.52. The predicted octanol–water partition coefficient (Wildman–Crippen LogP) is 1.09. The van der Waals surface area contributed by atoms with Gasteiger partial charge in [0.1, 0.15) is 6.54 Å². The van der Waals surface area contributed by atoms with Gasteiger partial charge in [-0.1, -0.05) is 6.07 Å². The lowest BCUT2D eigenvalue weighted by Gasteiger charge is -2.07. The molecule has 0 bridgehead atoms. The standard InChI is InChI=1S/C11H16N2/c1-2-6-10(5-1)13-9-11-7-3-4-8-12-11/h3-4,7-8,10,13H,1-2,5-6,9H2/p+1. The smallest absolute Gasteiger partial charge is 0.119 e. The summed E-state index contributed by atoms with van der Waals surface area (Å²) in [6, 6.07) is 7.00. The van der Waals surface area contributed by atoms with Crippen LogP contribution in [0.4, 0.5) is 0 Å². The molecule has 0 amide bonds. The maximum atomic E-state index is 4.31. The second kappa shape index (κ2) is 4.38. The molecule has 0 aromatic carbocycles. The van der Waals surface area contributed by atoms with Gasteiger partial charge in [0.25, 0.3) is 0 Å². The van der Waals surface area contributed by atoms with Crippen LogP contribution in [0.5, 0.6) is 0 Å². The topological polar surface area (TPSA) is 29.5 Å². The minimum Gasteiger partial charge on any atom is -0.339 e. The van der Waals surface area contributed by atoms with Gasteiger partial charge in [0.05, 0.1) is 11.7 Å². The molecule has 2 heteroatoms. The van der Waals surface area contributed by atoms with Gasteiger partial charge in [-0.2, -0.15) is 0 Å². The van der Waals surface area contributed by atoms with Crippen LogP contribution in [0.3, 0.4) is 0 Å². The van der Waals surface area contributed by atoms with E-state index in [-0.39, 0.29) is 0 Å². The second-order valence-electron chi connectivity index (χ2n) is 3.81. The maximum Gasteiger partial charge on any atom is 0.119 e. The Morgan fingerprint density at radius 1 is 1.31 bits per heavy atom. The molecule has 2 rings (SSSR count). The van der Waals surface area contributed by atoms with Crippen molar-refractivity contribution in [2.45, 2.75) is 38.3 Å². The average molecular weight is 177 g/mol. The molecule has 1 aliphatic carbocycles. The molecular formula is C11H17N2+. The minimum atomic E-state index is 0.863. The van der Waals surface area contributed by atoms with E-state index in [1.807, 2.05) is 12.3 Å². The van der Waals surface area contributed by atoms with Crippen LogP contribution in [-0.2, 0) is 6.54 Å². The number of pyridine rings is 1. The number of hydrogen-bond acceptors (Lipinski definition) is 1. The molecule has 1 aliphatic rings. The van der Waals surface area contributed by atoms with Crippen LogP contribution in [-0.4, -0.2) is 11.0 Å². The molecule has 1 heterocycles. The van der Waals surface area contributed by atoms with Crippen LogP contribution >= 0.6 is 0 Å². The Kier molecular flexibility index (Phi) is 2.93. The van der Waals surface area contributed by atoms with Crippen LogP contribution in [0.1, 0.15) is 31.4 Å². The van der Waals surface area contributed by atoms with Crippen molar-refractivity contribution in [3.63, 3.8) is 0 Å². The molecule has 0 spiro atoms. The van der Waals surface area contributed by atoms with Crippen LogP contribution in [0.15, 0.2) is 24.4 Å². The highest BCUT2D eigenvalue weighted by molar-refractivity contribution is 5.01. The quantitative estimate of drug-likeness (QED) is 0.735. The summed E-state index contributed by atoms with van der Waals surface area (Å²) in [7, 11) is 0. The summed E-state index contributed by atoms with van der Waals surface area (Å²) < 4.78 is 0. The molecule has 0 saturated heterocycles. The number of aromatic nitrogens is 1. The summed E-state index contributed by atoms with van der Waals surface area (Å²) in [6.45, 7) is 1.05. The fourth-order valence-electron chi connectivity index (χ4n) is 2.00. The highest BCUT2D eigenvalue weighted by Gasteiger charge is 2.17. The number of quaternary nitrogens is 1. The fraction of sp³-hybridized carbons (Fsp3) is 0.545. The van der Waals surface area contributed by atoms with Gasteiger partial charge >= 0.3 is 0 Å². The molecular weight excluding hydrogens is 160 g/mol. The van der Waals surface area contributed by atoms with Gasteiger partial charge in [0.15, 0.2) is 0 Å². The number of nitrogens with zero attached hydrogens (tertiary/aromatic N) is 1. The molecule has 0 aliphatic heterocycles. The van der Waals surface area contributed by atoms with Gasteiger partial charge in [-0.25, -0.2) is 0 Å². The van der Waals surface area contributed by atoms with Crippen LogP contribution in [0, 0.1) is 0 Å². The molecule has 2 N–H and O–H groups in total. The molecule has 2 nitrogen and oxygen atoms in total. The first-order valence-electron chi connectivity index (χ1n) is 5.18. The van der Waals surface area contributed by atoms with E-state index in [0.29, 0.717) is 0 Å². The lowest BCUT2D eigenvalue weighted by Crippen LogP contribution is -2.88. The molecule has 1 aromatic rings. The van der Waals surface area contributed by atoms with Crippen molar-refractivity contribution >= 4 is 0 Å². The Balaban J connectivity index is 1.79. The third-order valence-corrected chi connectivity index (χ3v) is 2.79. The summed E-state index contributed by atoms with van der Waals surface area (Å²) in [5.74, 6) is 0. The molecule has 70 valence electrons. The Hall–Kier alpha value is -0.890. The summed E-state index contributed by atoms with van der Waals surface area (Å²) in [5, 5.41) is 2.44. The van der Waals surface area contributed by atoms with Crippen molar-refractivity contribution in [1.29, 1.82) is 0 Å².